The van der Waals surface area contributed by atoms with Gasteiger partial charge in [0.05, 0.1) is 0 Å². The summed E-state index contributed by atoms with van der Waals surface area (Å²) >= 11 is 0. The standard InChI is InChI=1S/C13H19NO2/c1-5-14(11-9-7-6-8-10-11)12(15)16-13(2,3)4/h6-10H,5H2,1-4H3/i1D3,5D2. The maximum absolute atomic E-state index is 12.3. The molecule has 16 heavy (non-hydrogen) atoms. The van der Waals surface area contributed by atoms with Gasteiger partial charge in [0.15, 0.2) is 0 Å². The fourth-order valence-electron chi connectivity index (χ4n) is 1.10. The van der Waals surface area contributed by atoms with E-state index in [4.69, 9.17) is 11.6 Å². The second-order valence-corrected chi connectivity index (χ2v) is 4.26. The molecule has 0 heterocycles. The molecule has 1 aromatic rings. The zero-order valence-electron chi connectivity index (χ0n) is 14.7. The topological polar surface area (TPSA) is 29.5 Å². The van der Waals surface area contributed by atoms with Crippen LogP contribution in [0.2, 0.25) is 0 Å². The molecule has 88 valence electrons. The van der Waals surface area contributed by atoms with Gasteiger partial charge in [0, 0.05) is 19.0 Å². The van der Waals surface area contributed by atoms with E-state index in [-0.39, 0.29) is 5.69 Å². The Morgan fingerprint density at radius 1 is 1.44 bits per heavy atom. The van der Waals surface area contributed by atoms with Crippen molar-refractivity contribution in [1.82, 2.24) is 0 Å². The van der Waals surface area contributed by atoms with Crippen LogP contribution >= 0.6 is 0 Å². The molecule has 0 unspecified atom stereocenters. The van der Waals surface area contributed by atoms with E-state index in [0.717, 1.165) is 0 Å². The highest BCUT2D eigenvalue weighted by Gasteiger charge is 2.21. The summed E-state index contributed by atoms with van der Waals surface area (Å²) in [5, 5.41) is 0. The van der Waals surface area contributed by atoms with Gasteiger partial charge >= 0.3 is 6.09 Å². The van der Waals surface area contributed by atoms with E-state index < -0.39 is 25.0 Å². The molecule has 0 spiro atoms. The number of para-hydroxylation sites is 1. The Labute approximate surface area is 104 Å². The Balaban J connectivity index is 3.29. The van der Waals surface area contributed by atoms with Crippen LogP contribution in [0.25, 0.3) is 0 Å². The number of hydrogen-bond acceptors (Lipinski definition) is 2. The molecular weight excluding hydrogens is 202 g/mol. The molecule has 1 aromatic carbocycles. The summed E-state index contributed by atoms with van der Waals surface area (Å²) in [6, 6.07) is 7.76. The van der Waals surface area contributed by atoms with Gasteiger partial charge in [-0.15, -0.1) is 0 Å². The third-order valence-electron chi connectivity index (χ3n) is 1.70. The number of ether oxygens (including phenoxy) is 1. The van der Waals surface area contributed by atoms with E-state index in [1.807, 2.05) is 0 Å². The van der Waals surface area contributed by atoms with Gasteiger partial charge in [-0.25, -0.2) is 4.79 Å². The third kappa shape index (κ3) is 3.57. The molecule has 0 fully saturated rings. The highest BCUT2D eigenvalue weighted by molar-refractivity contribution is 5.87. The number of hydrogen-bond donors (Lipinski definition) is 0. The number of benzene rings is 1. The molecule has 0 aliphatic carbocycles. The Morgan fingerprint density at radius 3 is 2.56 bits per heavy atom. The van der Waals surface area contributed by atoms with E-state index in [2.05, 4.69) is 0 Å². The van der Waals surface area contributed by atoms with Gasteiger partial charge in [-0.1, -0.05) is 18.2 Å². The monoisotopic (exact) mass is 226 g/mol. The van der Waals surface area contributed by atoms with E-state index in [1.54, 1.807) is 39.0 Å². The minimum Gasteiger partial charge on any atom is -0.443 e. The number of carbonyl (C=O) groups is 1. The lowest BCUT2D eigenvalue weighted by molar-refractivity contribution is 0.0582. The second kappa shape index (κ2) is 5.01. The van der Waals surface area contributed by atoms with Crippen LogP contribution in [-0.4, -0.2) is 18.2 Å². The van der Waals surface area contributed by atoms with E-state index in [0.29, 0.717) is 4.90 Å². The molecular formula is C13H19NO2. The van der Waals surface area contributed by atoms with Gasteiger partial charge in [0.1, 0.15) is 5.60 Å². The summed E-state index contributed by atoms with van der Waals surface area (Å²) in [5.41, 5.74) is -0.748. The fraction of sp³-hybridized carbons (Fsp3) is 0.462. The summed E-state index contributed by atoms with van der Waals surface area (Å²) < 4.78 is 42.9. The number of anilines is 1. The van der Waals surface area contributed by atoms with E-state index in [9.17, 15) is 4.79 Å². The molecule has 0 aromatic heterocycles. The average Bonchev–Trinajstić information content (AvgIpc) is 2.25. The zero-order valence-corrected chi connectivity index (χ0v) is 9.65. The van der Waals surface area contributed by atoms with Crippen LogP contribution in [0.5, 0.6) is 0 Å². The first-order valence-electron chi connectivity index (χ1n) is 7.44. The normalized spacial score (nSPS) is 17.3. The first-order valence-corrected chi connectivity index (χ1v) is 4.94. The molecule has 3 nitrogen and oxygen atoms in total. The lowest BCUT2D eigenvalue weighted by Crippen LogP contribution is -2.36. The van der Waals surface area contributed by atoms with Crippen molar-refractivity contribution in [3.63, 3.8) is 0 Å². The van der Waals surface area contributed by atoms with Gasteiger partial charge in [0.2, 0.25) is 0 Å². The van der Waals surface area contributed by atoms with Crippen LogP contribution in [-0.2, 0) is 4.74 Å². The largest absolute Gasteiger partial charge is 0.443 e. The Hall–Kier alpha value is -1.51. The quantitative estimate of drug-likeness (QED) is 0.773. The van der Waals surface area contributed by atoms with Crippen molar-refractivity contribution >= 4 is 11.8 Å². The Bertz CT molecular complexity index is 494. The average molecular weight is 226 g/mol. The van der Waals surface area contributed by atoms with Crippen molar-refractivity contribution in [3.05, 3.63) is 30.3 Å². The summed E-state index contributed by atoms with van der Waals surface area (Å²) in [6.45, 7) is -1.03. The Kier molecular flexibility index (Phi) is 2.17. The molecule has 0 radical (unpaired) electrons. The van der Waals surface area contributed by atoms with Crippen molar-refractivity contribution in [1.29, 1.82) is 0 Å². The van der Waals surface area contributed by atoms with Crippen molar-refractivity contribution < 1.29 is 16.4 Å². The van der Waals surface area contributed by atoms with Gasteiger partial charge in [-0.2, -0.15) is 0 Å². The number of nitrogens with zero attached hydrogens (tertiary/aromatic N) is 1. The van der Waals surface area contributed by atoms with Crippen molar-refractivity contribution in [2.24, 2.45) is 0 Å². The van der Waals surface area contributed by atoms with Crippen LogP contribution in [0.4, 0.5) is 10.5 Å². The van der Waals surface area contributed by atoms with Crippen molar-refractivity contribution in [2.45, 2.75) is 33.2 Å². The molecule has 1 rings (SSSR count). The molecule has 0 saturated heterocycles. The smallest absolute Gasteiger partial charge is 0.414 e. The van der Waals surface area contributed by atoms with Crippen LogP contribution in [0.15, 0.2) is 30.3 Å². The van der Waals surface area contributed by atoms with Gasteiger partial charge < -0.3 is 4.74 Å². The van der Waals surface area contributed by atoms with Crippen LogP contribution in [0, 0.1) is 0 Å². The summed E-state index contributed by atoms with van der Waals surface area (Å²) in [7, 11) is 0. The molecule has 0 saturated carbocycles. The van der Waals surface area contributed by atoms with E-state index >= 15 is 0 Å². The van der Waals surface area contributed by atoms with E-state index in [1.165, 1.54) is 12.1 Å². The lowest BCUT2D eigenvalue weighted by Gasteiger charge is -2.26. The predicted molar refractivity (Wildman–Crippen MR) is 65.7 cm³/mol. The van der Waals surface area contributed by atoms with Crippen molar-refractivity contribution in [3.8, 4) is 0 Å². The fourth-order valence-corrected chi connectivity index (χ4v) is 1.10. The first kappa shape index (κ1) is 6.94. The minimum absolute atomic E-state index is 0.118. The van der Waals surface area contributed by atoms with Crippen LogP contribution < -0.4 is 4.90 Å². The maximum Gasteiger partial charge on any atom is 0.414 e. The summed E-state index contributed by atoms with van der Waals surface area (Å²) in [6.07, 6.45) is -1.05. The van der Waals surface area contributed by atoms with Gasteiger partial charge in [-0.3, -0.25) is 4.90 Å². The Morgan fingerprint density at radius 2 is 2.06 bits per heavy atom. The highest BCUT2D eigenvalue weighted by Crippen LogP contribution is 2.17. The van der Waals surface area contributed by atoms with Crippen LogP contribution in [0.3, 0.4) is 0 Å². The third-order valence-corrected chi connectivity index (χ3v) is 1.70. The summed E-state index contributed by atoms with van der Waals surface area (Å²) in [5.74, 6) is 0. The minimum atomic E-state index is -3.01. The molecule has 0 aliphatic rings. The van der Waals surface area contributed by atoms with Gasteiger partial charge in [0.25, 0.3) is 0 Å². The predicted octanol–water partition coefficient (Wildman–Crippen LogP) is 3.45. The summed E-state index contributed by atoms with van der Waals surface area (Å²) in [4.78, 5) is 12.8. The van der Waals surface area contributed by atoms with Gasteiger partial charge in [-0.05, 0) is 39.8 Å². The van der Waals surface area contributed by atoms with Crippen LogP contribution in [0.1, 0.15) is 34.5 Å². The molecule has 3 heteroatoms. The van der Waals surface area contributed by atoms with Crippen molar-refractivity contribution in [2.75, 3.05) is 11.4 Å². The number of rotatable bonds is 2. The maximum atomic E-state index is 12.3. The second-order valence-electron chi connectivity index (χ2n) is 4.26. The highest BCUT2D eigenvalue weighted by atomic mass is 16.6. The molecule has 0 aliphatic heterocycles. The SMILES string of the molecule is [2H]C([2H])([2H])C([2H])([2H])N(C(=O)OC(C)(C)C)c1ccccc1. The molecule has 0 bridgehead atoms. The molecule has 1 amide bonds. The lowest BCUT2D eigenvalue weighted by atomic mass is 10.2. The first-order chi connectivity index (χ1) is 9.36. The zero-order chi connectivity index (χ0) is 16.5. The number of amides is 1. The molecule has 0 N–H and O–H groups in total. The number of carbonyl (C=O) groups excluding carboxylic acids is 1. The molecule has 0 atom stereocenters.